The third-order valence-electron chi connectivity index (χ3n) is 4.77. The highest BCUT2D eigenvalue weighted by Crippen LogP contribution is 2.26. The van der Waals surface area contributed by atoms with E-state index in [0.717, 1.165) is 16.7 Å². The second-order valence-electron chi connectivity index (χ2n) is 7.54. The minimum atomic E-state index is -5.22. The minimum absolute atomic E-state index is 0.127. The van der Waals surface area contributed by atoms with Crippen LogP contribution in [0.5, 0.6) is 5.75 Å². The van der Waals surface area contributed by atoms with Gasteiger partial charge in [-0.05, 0) is 42.4 Å². The van der Waals surface area contributed by atoms with Gasteiger partial charge >= 0.3 is 18.1 Å². The van der Waals surface area contributed by atoms with Crippen molar-refractivity contribution in [1.29, 1.82) is 0 Å². The lowest BCUT2D eigenvalue weighted by Gasteiger charge is -2.17. The van der Waals surface area contributed by atoms with Gasteiger partial charge in [-0.25, -0.2) is 4.79 Å². The van der Waals surface area contributed by atoms with Crippen LogP contribution >= 0.6 is 0 Å². The molecule has 3 rings (SSSR count). The number of esters is 2. The van der Waals surface area contributed by atoms with Crippen LogP contribution in [-0.2, 0) is 14.3 Å². The van der Waals surface area contributed by atoms with Gasteiger partial charge in [0.15, 0.2) is 0 Å². The Bertz CT molecular complexity index is 1220. The van der Waals surface area contributed by atoms with Crippen molar-refractivity contribution in [3.05, 3.63) is 90.0 Å². The van der Waals surface area contributed by atoms with Gasteiger partial charge in [0.25, 0.3) is 0 Å². The zero-order valence-corrected chi connectivity index (χ0v) is 18.8. The number of nitrogens with zero attached hydrogens (tertiary/aromatic N) is 1. The number of benzene rings is 3. The second kappa shape index (κ2) is 11.9. The fourth-order valence-corrected chi connectivity index (χ4v) is 3.03. The molecule has 3 aromatic carbocycles. The molecule has 0 N–H and O–H groups in total. The van der Waals surface area contributed by atoms with Gasteiger partial charge in [0.05, 0.1) is 12.1 Å². The highest BCUT2D eigenvalue weighted by molar-refractivity contribution is 5.89. The molecule has 180 valence electrons. The molecule has 0 bridgehead atoms. The maximum Gasteiger partial charge on any atom is 0.491 e. The van der Waals surface area contributed by atoms with Crippen LogP contribution in [0.1, 0.15) is 11.1 Å². The van der Waals surface area contributed by atoms with E-state index < -0.39 is 24.7 Å². The molecule has 0 radical (unpaired) electrons. The number of hydrogen-bond donors (Lipinski definition) is 0. The number of likely N-dealkylation sites (N-methyl/N-ethyl adjacent to an activating group) is 1. The number of rotatable bonds is 7. The highest BCUT2D eigenvalue weighted by atomic mass is 19.4. The predicted molar refractivity (Wildman–Crippen MR) is 124 cm³/mol. The van der Waals surface area contributed by atoms with Crippen LogP contribution in [0.25, 0.3) is 11.1 Å². The fourth-order valence-electron chi connectivity index (χ4n) is 3.03. The first kappa shape index (κ1) is 25.5. The number of alkyl halides is 3. The molecule has 3 aromatic rings. The van der Waals surface area contributed by atoms with Crippen molar-refractivity contribution >= 4 is 11.9 Å². The number of hydrogen-bond acceptors (Lipinski definition) is 5. The molecule has 0 saturated heterocycles. The van der Waals surface area contributed by atoms with Crippen LogP contribution in [0.3, 0.4) is 0 Å². The molecule has 0 saturated carbocycles. The predicted octanol–water partition coefficient (Wildman–Crippen LogP) is 4.70. The molecular weight excluding hydrogens is 459 g/mol. The van der Waals surface area contributed by atoms with Crippen molar-refractivity contribution in [2.45, 2.75) is 6.18 Å². The summed E-state index contributed by atoms with van der Waals surface area (Å²) in [5, 5.41) is 0. The minimum Gasteiger partial charge on any atom is -0.491 e. The highest BCUT2D eigenvalue weighted by Gasteiger charge is 2.42. The summed E-state index contributed by atoms with van der Waals surface area (Å²) in [6.07, 6.45) is -5.22. The maximum atomic E-state index is 12.2. The standard InChI is InChI=1S/C27H22F3NO4/c1-31(19-25(32)35-26(33)27(28,29)30)16-17-34-24-15-14-22(21-10-6-3-7-11-21)18-23(24)13-12-20-8-4-2-5-9-20/h2-11,14-15,18H,16-17,19H2,1H3. The number of halogens is 3. The zero-order valence-electron chi connectivity index (χ0n) is 18.8. The average molecular weight is 481 g/mol. The molecule has 0 aliphatic rings. The van der Waals surface area contributed by atoms with Crippen molar-refractivity contribution < 1.29 is 32.2 Å². The van der Waals surface area contributed by atoms with E-state index in [9.17, 15) is 22.8 Å². The Morgan fingerprint density at radius 1 is 0.886 bits per heavy atom. The third-order valence-corrected chi connectivity index (χ3v) is 4.77. The van der Waals surface area contributed by atoms with Gasteiger partial charge in [-0.2, -0.15) is 13.2 Å². The van der Waals surface area contributed by atoms with E-state index in [1.165, 1.54) is 11.9 Å². The van der Waals surface area contributed by atoms with E-state index in [-0.39, 0.29) is 13.2 Å². The quantitative estimate of drug-likeness (QED) is 0.278. The van der Waals surface area contributed by atoms with Gasteiger partial charge in [0.2, 0.25) is 0 Å². The van der Waals surface area contributed by atoms with Gasteiger partial charge in [0, 0.05) is 12.1 Å². The molecule has 0 unspecified atom stereocenters. The van der Waals surface area contributed by atoms with Gasteiger partial charge in [-0.1, -0.05) is 66.4 Å². The Balaban J connectivity index is 1.67. The lowest BCUT2D eigenvalue weighted by molar-refractivity contribution is -0.202. The van der Waals surface area contributed by atoms with Crippen LogP contribution < -0.4 is 4.74 Å². The molecule has 0 fully saturated rings. The average Bonchev–Trinajstić information content (AvgIpc) is 2.83. The van der Waals surface area contributed by atoms with Crippen LogP contribution in [0.2, 0.25) is 0 Å². The number of carbonyl (C=O) groups excluding carboxylic acids is 2. The van der Waals surface area contributed by atoms with Crippen molar-refractivity contribution in [1.82, 2.24) is 4.90 Å². The van der Waals surface area contributed by atoms with Crippen LogP contribution in [-0.4, -0.2) is 49.8 Å². The molecule has 0 aromatic heterocycles. The molecule has 0 heterocycles. The van der Waals surface area contributed by atoms with Crippen molar-refractivity contribution in [3.8, 4) is 28.7 Å². The van der Waals surface area contributed by atoms with E-state index in [4.69, 9.17) is 4.74 Å². The fraction of sp³-hybridized carbons (Fsp3) is 0.185. The molecule has 0 aliphatic heterocycles. The van der Waals surface area contributed by atoms with Crippen molar-refractivity contribution in [2.24, 2.45) is 0 Å². The van der Waals surface area contributed by atoms with Crippen molar-refractivity contribution in [3.63, 3.8) is 0 Å². The largest absolute Gasteiger partial charge is 0.491 e. The molecule has 8 heteroatoms. The van der Waals surface area contributed by atoms with Crippen LogP contribution in [0, 0.1) is 11.8 Å². The zero-order chi connectivity index (χ0) is 25.3. The molecule has 0 atom stereocenters. The maximum absolute atomic E-state index is 12.2. The lowest BCUT2D eigenvalue weighted by atomic mass is 10.0. The van der Waals surface area contributed by atoms with E-state index in [1.807, 2.05) is 72.8 Å². The van der Waals surface area contributed by atoms with E-state index in [1.54, 1.807) is 6.07 Å². The Kier molecular flexibility index (Phi) is 8.65. The van der Waals surface area contributed by atoms with E-state index in [2.05, 4.69) is 16.6 Å². The first-order valence-electron chi connectivity index (χ1n) is 10.6. The smallest absolute Gasteiger partial charge is 0.491 e. The van der Waals surface area contributed by atoms with Gasteiger partial charge < -0.3 is 9.47 Å². The van der Waals surface area contributed by atoms with Crippen LogP contribution in [0.4, 0.5) is 13.2 Å². The number of ether oxygens (including phenoxy) is 2. The van der Waals surface area contributed by atoms with Crippen molar-refractivity contribution in [2.75, 3.05) is 26.7 Å². The Morgan fingerprint density at radius 2 is 1.54 bits per heavy atom. The molecule has 0 spiro atoms. The summed E-state index contributed by atoms with van der Waals surface area (Å²) in [5.41, 5.74) is 3.49. The van der Waals surface area contributed by atoms with Crippen LogP contribution in [0.15, 0.2) is 78.9 Å². The van der Waals surface area contributed by atoms with Gasteiger partial charge in [-0.3, -0.25) is 9.69 Å². The summed E-state index contributed by atoms with van der Waals surface area (Å²) in [6, 6.07) is 24.9. The SMILES string of the molecule is CN(CCOc1ccc(-c2ccccc2)cc1C#Cc1ccccc1)CC(=O)OC(=O)C(F)(F)F. The Hall–Kier alpha value is -4.09. The topological polar surface area (TPSA) is 55.8 Å². The number of carbonyl (C=O) groups is 2. The van der Waals surface area contributed by atoms with Gasteiger partial charge in [-0.15, -0.1) is 0 Å². The normalized spacial score (nSPS) is 10.9. The third kappa shape index (κ3) is 8.02. The molecule has 35 heavy (non-hydrogen) atoms. The first-order valence-corrected chi connectivity index (χ1v) is 10.6. The van der Waals surface area contributed by atoms with E-state index >= 15 is 0 Å². The summed E-state index contributed by atoms with van der Waals surface area (Å²) in [5.74, 6) is 2.94. The molecule has 0 amide bonds. The summed E-state index contributed by atoms with van der Waals surface area (Å²) >= 11 is 0. The summed E-state index contributed by atoms with van der Waals surface area (Å²) < 4.78 is 46.3. The summed E-state index contributed by atoms with van der Waals surface area (Å²) in [6.45, 7) is -0.179. The van der Waals surface area contributed by atoms with E-state index in [0.29, 0.717) is 11.3 Å². The molecule has 5 nitrogen and oxygen atoms in total. The first-order chi connectivity index (χ1) is 16.7. The summed E-state index contributed by atoms with van der Waals surface area (Å²) in [4.78, 5) is 23.7. The second-order valence-corrected chi connectivity index (χ2v) is 7.54. The molecular formula is C27H22F3NO4. The Labute approximate surface area is 201 Å². The summed E-state index contributed by atoms with van der Waals surface area (Å²) in [7, 11) is 1.50. The van der Waals surface area contributed by atoms with Gasteiger partial charge in [0.1, 0.15) is 12.4 Å². The Morgan fingerprint density at radius 3 is 2.20 bits per heavy atom. The monoisotopic (exact) mass is 481 g/mol. The molecule has 0 aliphatic carbocycles. The lowest BCUT2D eigenvalue weighted by Crippen LogP contribution is -2.35.